The molecule has 2 aromatic heterocycles. The average molecular weight is 558 g/mol. The van der Waals surface area contributed by atoms with E-state index in [0.29, 0.717) is 43.0 Å². The van der Waals surface area contributed by atoms with Crippen LogP contribution >= 0.6 is 0 Å². The van der Waals surface area contributed by atoms with Gasteiger partial charge in [-0.2, -0.15) is 5.10 Å². The van der Waals surface area contributed by atoms with Crippen molar-refractivity contribution in [1.29, 1.82) is 0 Å². The molecule has 0 saturated heterocycles. The van der Waals surface area contributed by atoms with Crippen LogP contribution in [0.3, 0.4) is 0 Å². The third kappa shape index (κ3) is 5.70. The van der Waals surface area contributed by atoms with Gasteiger partial charge in [0.05, 0.1) is 32.6 Å². The van der Waals surface area contributed by atoms with Gasteiger partial charge in [0.15, 0.2) is 17.3 Å². The Morgan fingerprint density at radius 3 is 2.59 bits per heavy atom. The number of hydrazone groups is 1. The number of ether oxygens (including phenoxy) is 2. The lowest BCUT2D eigenvalue weighted by atomic mass is 9.93. The van der Waals surface area contributed by atoms with Crippen LogP contribution in [0.2, 0.25) is 0 Å². The van der Waals surface area contributed by atoms with Gasteiger partial charge in [-0.15, -0.1) is 0 Å². The summed E-state index contributed by atoms with van der Waals surface area (Å²) >= 11 is 0. The summed E-state index contributed by atoms with van der Waals surface area (Å²) in [6, 6.07) is 9.70. The van der Waals surface area contributed by atoms with E-state index in [1.165, 1.54) is 0 Å². The lowest BCUT2D eigenvalue weighted by molar-refractivity contribution is -0.120. The van der Waals surface area contributed by atoms with Gasteiger partial charge >= 0.3 is 0 Å². The molecule has 41 heavy (non-hydrogen) atoms. The van der Waals surface area contributed by atoms with Gasteiger partial charge in [0.2, 0.25) is 5.91 Å². The zero-order valence-electron chi connectivity index (χ0n) is 24.1. The highest BCUT2D eigenvalue weighted by Crippen LogP contribution is 2.31. The van der Waals surface area contributed by atoms with Crippen LogP contribution in [0.1, 0.15) is 62.5 Å². The van der Waals surface area contributed by atoms with E-state index in [0.717, 1.165) is 56.5 Å². The molecule has 2 amide bonds. The molecule has 5 rings (SSSR count). The topological polar surface area (TPSA) is 115 Å². The molecule has 0 atom stereocenters. The van der Waals surface area contributed by atoms with Crippen molar-refractivity contribution in [2.75, 3.05) is 20.8 Å². The highest BCUT2D eigenvalue weighted by molar-refractivity contribution is 6.06. The normalized spacial score (nSPS) is 13.7. The van der Waals surface area contributed by atoms with Crippen LogP contribution in [-0.2, 0) is 24.1 Å². The molecule has 0 saturated carbocycles. The number of hydrogen-bond acceptors (Lipinski definition) is 7. The first kappa shape index (κ1) is 28.0. The number of benzene rings is 2. The lowest BCUT2D eigenvalue weighted by Gasteiger charge is -2.13. The molecule has 9 heteroatoms. The minimum Gasteiger partial charge on any atom is -0.493 e. The van der Waals surface area contributed by atoms with Crippen molar-refractivity contribution in [1.82, 2.24) is 10.7 Å². The van der Waals surface area contributed by atoms with Gasteiger partial charge in [-0.05, 0) is 68.9 Å². The third-order valence-corrected chi connectivity index (χ3v) is 7.69. The number of fused-ring (bicyclic) bond motifs is 2. The quantitative estimate of drug-likeness (QED) is 0.269. The fourth-order valence-corrected chi connectivity index (χ4v) is 5.30. The van der Waals surface area contributed by atoms with Gasteiger partial charge in [0.25, 0.3) is 5.91 Å². The second kappa shape index (κ2) is 11.9. The van der Waals surface area contributed by atoms with Crippen LogP contribution in [0.25, 0.3) is 11.0 Å². The highest BCUT2D eigenvalue weighted by Gasteiger charge is 2.28. The molecule has 0 radical (unpaired) electrons. The molecule has 214 valence electrons. The van der Waals surface area contributed by atoms with Crippen molar-refractivity contribution < 1.29 is 27.9 Å². The van der Waals surface area contributed by atoms with Crippen molar-refractivity contribution in [3.8, 4) is 11.5 Å². The van der Waals surface area contributed by atoms with Gasteiger partial charge in [-0.3, -0.25) is 9.59 Å². The highest BCUT2D eigenvalue weighted by atomic mass is 16.5. The third-order valence-electron chi connectivity index (χ3n) is 7.69. The number of aryl methyl sites for hydroxylation is 3. The zero-order valence-corrected chi connectivity index (χ0v) is 24.1. The molecule has 0 spiro atoms. The Morgan fingerprint density at radius 2 is 1.80 bits per heavy atom. The van der Waals surface area contributed by atoms with Crippen molar-refractivity contribution in [3.05, 3.63) is 81.5 Å². The second-order valence-electron chi connectivity index (χ2n) is 10.3. The maximum atomic E-state index is 13.0. The summed E-state index contributed by atoms with van der Waals surface area (Å²) in [6.45, 7) is 6.33. The van der Waals surface area contributed by atoms with E-state index in [-0.39, 0.29) is 24.0 Å². The SMILES string of the molecule is COc1ccc(CCNC(=O)c2oc3c(c2C)/C(=N/NC(=O)Cc2coc4c(C)c(C)ccc24)CCC3)cc1OC. The number of hydrogen-bond donors (Lipinski definition) is 2. The van der Waals surface area contributed by atoms with E-state index in [1.807, 2.05) is 51.1 Å². The minimum atomic E-state index is -0.280. The molecule has 0 unspecified atom stereocenters. The number of rotatable bonds is 9. The molecule has 1 aliphatic rings. The maximum Gasteiger partial charge on any atom is 0.287 e. The molecule has 2 heterocycles. The summed E-state index contributed by atoms with van der Waals surface area (Å²) in [5, 5.41) is 8.34. The summed E-state index contributed by atoms with van der Waals surface area (Å²) in [5.41, 5.74) is 9.80. The predicted octanol–water partition coefficient (Wildman–Crippen LogP) is 5.34. The molecule has 0 bridgehead atoms. The fraction of sp³-hybridized carbons (Fsp3) is 0.344. The lowest BCUT2D eigenvalue weighted by Crippen LogP contribution is -2.26. The Morgan fingerprint density at radius 1 is 1.00 bits per heavy atom. The Kier molecular flexibility index (Phi) is 8.14. The van der Waals surface area contributed by atoms with Crippen LogP contribution in [-0.4, -0.2) is 38.3 Å². The largest absolute Gasteiger partial charge is 0.493 e. The van der Waals surface area contributed by atoms with Crippen molar-refractivity contribution in [2.24, 2.45) is 5.10 Å². The summed E-state index contributed by atoms with van der Waals surface area (Å²) in [5.74, 6) is 1.79. The number of nitrogens with zero attached hydrogens (tertiary/aromatic N) is 1. The summed E-state index contributed by atoms with van der Waals surface area (Å²) in [6.07, 6.45) is 4.62. The standard InChI is InChI=1S/C32H35N3O6/c1-18-9-11-23-22(17-40-30(23)19(18)2)16-28(36)35-34-24-7-6-8-26-29(24)20(3)31(41-26)32(37)33-14-13-21-10-12-25(38-4)27(15-21)39-5/h9-12,15,17H,6-8,13-14,16H2,1-5H3,(H,33,37)(H,35,36)/b34-24+. The molecule has 0 fully saturated rings. The number of carbonyl (C=O) groups excluding carboxylic acids is 2. The first-order valence-corrected chi connectivity index (χ1v) is 13.7. The van der Waals surface area contributed by atoms with E-state index >= 15 is 0 Å². The summed E-state index contributed by atoms with van der Waals surface area (Å²) in [7, 11) is 3.19. The smallest absolute Gasteiger partial charge is 0.287 e. The molecule has 1 aliphatic carbocycles. The molecule has 0 aliphatic heterocycles. The first-order chi connectivity index (χ1) is 19.8. The van der Waals surface area contributed by atoms with Crippen LogP contribution < -0.4 is 20.2 Å². The van der Waals surface area contributed by atoms with Crippen LogP contribution in [0, 0.1) is 20.8 Å². The van der Waals surface area contributed by atoms with Gasteiger partial charge in [0, 0.05) is 35.0 Å². The van der Waals surface area contributed by atoms with E-state index in [1.54, 1.807) is 20.5 Å². The van der Waals surface area contributed by atoms with E-state index in [2.05, 4.69) is 15.8 Å². The van der Waals surface area contributed by atoms with E-state index in [9.17, 15) is 9.59 Å². The van der Waals surface area contributed by atoms with Gasteiger partial charge in [-0.1, -0.05) is 18.2 Å². The molecular weight excluding hydrogens is 522 g/mol. The van der Waals surface area contributed by atoms with Crippen LogP contribution in [0.5, 0.6) is 11.5 Å². The van der Waals surface area contributed by atoms with E-state index in [4.69, 9.17) is 18.3 Å². The number of methoxy groups -OCH3 is 2. The first-order valence-electron chi connectivity index (χ1n) is 13.7. The van der Waals surface area contributed by atoms with E-state index < -0.39 is 0 Å². The summed E-state index contributed by atoms with van der Waals surface area (Å²) < 4.78 is 22.4. The van der Waals surface area contributed by atoms with Gasteiger partial charge in [0.1, 0.15) is 11.3 Å². The molecule has 2 N–H and O–H groups in total. The predicted molar refractivity (Wildman–Crippen MR) is 156 cm³/mol. The maximum absolute atomic E-state index is 13.0. The summed E-state index contributed by atoms with van der Waals surface area (Å²) in [4.78, 5) is 25.8. The van der Waals surface area contributed by atoms with Crippen molar-refractivity contribution in [3.63, 3.8) is 0 Å². The molecule has 9 nitrogen and oxygen atoms in total. The average Bonchev–Trinajstić information content (AvgIpc) is 3.54. The zero-order chi connectivity index (χ0) is 29.1. The van der Waals surface area contributed by atoms with Crippen molar-refractivity contribution >= 4 is 28.5 Å². The van der Waals surface area contributed by atoms with Gasteiger partial charge < -0.3 is 23.6 Å². The molecule has 4 aromatic rings. The Balaban J connectivity index is 1.24. The Bertz CT molecular complexity index is 1640. The monoisotopic (exact) mass is 557 g/mol. The number of carbonyl (C=O) groups is 2. The van der Waals surface area contributed by atoms with Gasteiger partial charge in [-0.25, -0.2) is 5.43 Å². The molecule has 2 aromatic carbocycles. The Labute approximate surface area is 238 Å². The van der Waals surface area contributed by atoms with Crippen LogP contribution in [0.15, 0.2) is 50.5 Å². The second-order valence-corrected chi connectivity index (χ2v) is 10.3. The number of amides is 2. The number of nitrogens with one attached hydrogen (secondary N) is 2. The fourth-order valence-electron chi connectivity index (χ4n) is 5.30. The molecular formula is C32H35N3O6. The van der Waals surface area contributed by atoms with Crippen molar-refractivity contribution in [2.45, 2.75) is 52.9 Å². The Hall–Kier alpha value is -4.53. The minimum absolute atomic E-state index is 0.150. The van der Waals surface area contributed by atoms with Crippen LogP contribution in [0.4, 0.5) is 0 Å². The number of furan rings is 2.